The summed E-state index contributed by atoms with van der Waals surface area (Å²) in [6.45, 7) is 0. The van der Waals surface area contributed by atoms with Crippen molar-refractivity contribution in [3.05, 3.63) is 47.0 Å². The standard InChI is InChI=1S/C30H31N3O8/c1-32(2)19-11-16(14-7-5-6-13(8-14)12-34)24(35)21-17(19)9-15-10-18-23(33(3)4)26(37)22(29(31)40)28(39)30(18,41)27(38)20(15)25(21)36/h5-8,11-12,15,18,20,22-23,35,41H,9-10H2,1-4H3,(H2,31,40)/t15-,18-,20?,22?,23-,30-/m0/s1. The van der Waals surface area contributed by atoms with Gasteiger partial charge < -0.3 is 20.8 Å². The van der Waals surface area contributed by atoms with Crippen LogP contribution in [0.15, 0.2) is 30.3 Å². The highest BCUT2D eigenvalue weighted by molar-refractivity contribution is 6.32. The van der Waals surface area contributed by atoms with E-state index in [1.54, 1.807) is 49.3 Å². The first-order chi connectivity index (χ1) is 19.2. The molecule has 0 bridgehead atoms. The van der Waals surface area contributed by atoms with E-state index < -0.39 is 64.4 Å². The lowest BCUT2D eigenvalue weighted by Gasteiger charge is -2.52. The van der Waals surface area contributed by atoms with E-state index in [9.17, 15) is 39.0 Å². The van der Waals surface area contributed by atoms with Crippen LogP contribution in [0, 0.1) is 23.7 Å². The Balaban J connectivity index is 1.69. The second-order valence-corrected chi connectivity index (χ2v) is 11.6. The molecule has 0 saturated heterocycles. The minimum Gasteiger partial charge on any atom is -0.507 e. The van der Waals surface area contributed by atoms with Gasteiger partial charge >= 0.3 is 0 Å². The summed E-state index contributed by atoms with van der Waals surface area (Å²) in [6.07, 6.45) is 0.786. The number of ketones is 4. The number of hydrogen-bond donors (Lipinski definition) is 3. The van der Waals surface area contributed by atoms with E-state index in [2.05, 4.69) is 0 Å². The number of primary amides is 1. The molecule has 2 unspecified atom stereocenters. The van der Waals surface area contributed by atoms with Crippen LogP contribution in [0.1, 0.15) is 32.7 Å². The van der Waals surface area contributed by atoms with Crippen LogP contribution >= 0.6 is 0 Å². The first kappa shape index (κ1) is 28.3. The highest BCUT2D eigenvalue weighted by atomic mass is 16.3. The predicted molar refractivity (Wildman–Crippen MR) is 147 cm³/mol. The van der Waals surface area contributed by atoms with E-state index in [0.717, 1.165) is 0 Å². The predicted octanol–water partition coefficient (Wildman–Crippen LogP) is 0.413. The van der Waals surface area contributed by atoms with E-state index in [0.29, 0.717) is 28.7 Å². The van der Waals surface area contributed by atoms with Gasteiger partial charge in [0.15, 0.2) is 34.7 Å². The fourth-order valence-electron chi connectivity index (χ4n) is 7.05. The van der Waals surface area contributed by atoms with Crippen molar-refractivity contribution in [1.82, 2.24) is 4.90 Å². The maximum absolute atomic E-state index is 14.1. The van der Waals surface area contributed by atoms with Crippen LogP contribution in [0.5, 0.6) is 5.75 Å². The zero-order valence-electron chi connectivity index (χ0n) is 23.1. The average Bonchev–Trinajstić information content (AvgIpc) is 2.90. The number of aliphatic hydroxyl groups is 1. The molecule has 0 aromatic heterocycles. The van der Waals surface area contributed by atoms with Crippen LogP contribution in [-0.4, -0.2) is 90.3 Å². The number of Topliss-reactive ketones (excluding diaryl/α,β-unsaturated/α-hetero) is 4. The Morgan fingerprint density at radius 3 is 2.34 bits per heavy atom. The molecule has 2 aromatic carbocycles. The number of likely N-dealkylation sites (N-methyl/N-ethyl adjacent to an activating group) is 1. The fraction of sp³-hybridized carbons (Fsp3) is 0.400. The normalized spacial score (nSPS) is 29.1. The third-order valence-electron chi connectivity index (χ3n) is 8.85. The molecule has 3 aliphatic carbocycles. The molecule has 6 atom stereocenters. The molecule has 11 nitrogen and oxygen atoms in total. The summed E-state index contributed by atoms with van der Waals surface area (Å²) in [5, 5.41) is 23.2. The molecule has 0 heterocycles. The van der Waals surface area contributed by atoms with Gasteiger partial charge in [-0.2, -0.15) is 0 Å². The van der Waals surface area contributed by atoms with Gasteiger partial charge in [-0.1, -0.05) is 18.2 Å². The molecule has 2 fully saturated rings. The number of rotatable bonds is 5. The lowest BCUT2D eigenvalue weighted by Crippen LogP contribution is -2.74. The quantitative estimate of drug-likeness (QED) is 0.342. The number of nitrogens with zero attached hydrogens (tertiary/aromatic N) is 2. The fourth-order valence-corrected chi connectivity index (χ4v) is 7.05. The summed E-state index contributed by atoms with van der Waals surface area (Å²) < 4.78 is 0. The van der Waals surface area contributed by atoms with Crippen molar-refractivity contribution >= 4 is 41.0 Å². The number of carbonyl (C=O) groups excluding carboxylic acids is 6. The first-order valence-corrected chi connectivity index (χ1v) is 13.2. The molecule has 1 amide bonds. The number of carbonyl (C=O) groups is 6. The van der Waals surface area contributed by atoms with Gasteiger partial charge in [-0.15, -0.1) is 0 Å². The van der Waals surface area contributed by atoms with Crippen LogP contribution in [0.25, 0.3) is 11.1 Å². The Kier molecular flexibility index (Phi) is 6.70. The molecule has 0 spiro atoms. The second-order valence-electron chi connectivity index (χ2n) is 11.6. The van der Waals surface area contributed by atoms with Crippen molar-refractivity contribution in [2.75, 3.05) is 33.1 Å². The maximum Gasteiger partial charge on any atom is 0.235 e. The Morgan fingerprint density at radius 1 is 1.07 bits per heavy atom. The van der Waals surface area contributed by atoms with Crippen LogP contribution < -0.4 is 10.6 Å². The Bertz CT molecular complexity index is 1550. The van der Waals surface area contributed by atoms with E-state index >= 15 is 0 Å². The third-order valence-corrected chi connectivity index (χ3v) is 8.85. The number of amides is 1. The van der Waals surface area contributed by atoms with E-state index in [1.165, 1.54) is 19.0 Å². The molecular formula is C30H31N3O8. The smallest absolute Gasteiger partial charge is 0.235 e. The average molecular weight is 562 g/mol. The topological polar surface area (TPSA) is 175 Å². The summed E-state index contributed by atoms with van der Waals surface area (Å²) in [7, 11) is 6.62. The molecule has 4 N–H and O–H groups in total. The number of hydrogen-bond acceptors (Lipinski definition) is 10. The largest absolute Gasteiger partial charge is 0.507 e. The number of phenols is 1. The van der Waals surface area contributed by atoms with Gasteiger partial charge in [0, 0.05) is 36.8 Å². The zero-order chi connectivity index (χ0) is 30.1. The van der Waals surface area contributed by atoms with Crippen molar-refractivity contribution in [2.24, 2.45) is 29.4 Å². The molecule has 11 heteroatoms. The van der Waals surface area contributed by atoms with E-state index in [1.807, 2.05) is 0 Å². The summed E-state index contributed by atoms with van der Waals surface area (Å²) in [6, 6.07) is 7.01. The number of nitrogens with two attached hydrogens (primary N) is 1. The highest BCUT2D eigenvalue weighted by Crippen LogP contribution is 2.53. The molecule has 2 aromatic rings. The summed E-state index contributed by atoms with van der Waals surface area (Å²) in [5.74, 6) is -11.0. The molecule has 41 heavy (non-hydrogen) atoms. The van der Waals surface area contributed by atoms with Gasteiger partial charge in [0.25, 0.3) is 0 Å². The van der Waals surface area contributed by atoms with E-state index in [-0.39, 0.29) is 29.7 Å². The van der Waals surface area contributed by atoms with Gasteiger partial charge in [0.2, 0.25) is 5.91 Å². The molecule has 3 aliphatic rings. The maximum atomic E-state index is 14.1. The van der Waals surface area contributed by atoms with Crippen LogP contribution in [0.4, 0.5) is 5.69 Å². The molecule has 2 saturated carbocycles. The van der Waals surface area contributed by atoms with Gasteiger partial charge in [0.05, 0.1) is 17.5 Å². The van der Waals surface area contributed by atoms with Gasteiger partial charge in [0.1, 0.15) is 12.0 Å². The number of fused-ring (bicyclic) bond motifs is 3. The summed E-state index contributed by atoms with van der Waals surface area (Å²) >= 11 is 0. The second kappa shape index (κ2) is 9.71. The molecule has 214 valence electrons. The van der Waals surface area contributed by atoms with Gasteiger partial charge in [-0.05, 0) is 56.1 Å². The Hall–Kier alpha value is -4.22. The van der Waals surface area contributed by atoms with Crippen molar-refractivity contribution in [3.8, 4) is 16.9 Å². The van der Waals surface area contributed by atoms with Crippen LogP contribution in [0.3, 0.4) is 0 Å². The van der Waals surface area contributed by atoms with Crippen molar-refractivity contribution < 1.29 is 39.0 Å². The molecular weight excluding hydrogens is 530 g/mol. The number of aromatic hydroxyl groups is 1. The van der Waals surface area contributed by atoms with Crippen molar-refractivity contribution in [3.63, 3.8) is 0 Å². The minimum atomic E-state index is -2.78. The number of phenolic OH excluding ortho intramolecular Hbond substituents is 1. The van der Waals surface area contributed by atoms with Crippen LogP contribution in [-0.2, 0) is 25.6 Å². The van der Waals surface area contributed by atoms with E-state index in [4.69, 9.17) is 5.73 Å². The number of anilines is 1. The molecule has 5 rings (SSSR count). The lowest BCUT2D eigenvalue weighted by atomic mass is 9.52. The van der Waals surface area contributed by atoms with Gasteiger partial charge in [-0.3, -0.25) is 33.7 Å². The third kappa shape index (κ3) is 3.94. The van der Waals surface area contributed by atoms with Gasteiger partial charge in [-0.25, -0.2) is 0 Å². The summed E-state index contributed by atoms with van der Waals surface area (Å²) in [5.41, 5.74) is 4.69. The number of benzene rings is 2. The Labute approximate surface area is 235 Å². The van der Waals surface area contributed by atoms with Crippen LogP contribution in [0.2, 0.25) is 0 Å². The monoisotopic (exact) mass is 561 g/mol. The zero-order valence-corrected chi connectivity index (χ0v) is 23.1. The van der Waals surface area contributed by atoms with Crippen molar-refractivity contribution in [1.29, 1.82) is 0 Å². The minimum absolute atomic E-state index is 0.0271. The SMILES string of the molecule is CN(C)c1cc(-c2cccc(C=O)c2)c(O)c2c1C[C@H]1C[C@H]3[C@H](N(C)C)C(=O)C(C(N)=O)C(=O)[C@@]3(O)C(=O)C1C2=O. The molecule has 0 radical (unpaired) electrons. The summed E-state index contributed by atoms with van der Waals surface area (Å²) in [4.78, 5) is 81.6. The van der Waals surface area contributed by atoms with Crippen molar-refractivity contribution in [2.45, 2.75) is 24.5 Å². The first-order valence-electron chi connectivity index (χ1n) is 13.2. The lowest BCUT2D eigenvalue weighted by molar-refractivity contribution is -0.181. The Morgan fingerprint density at radius 2 is 1.76 bits per heavy atom. The highest BCUT2D eigenvalue weighted by Gasteiger charge is 2.69. The number of aldehydes is 1. The molecule has 0 aliphatic heterocycles.